The zero-order valence-electron chi connectivity index (χ0n) is 17.7. The summed E-state index contributed by atoms with van der Waals surface area (Å²) in [6.07, 6.45) is 7.00. The zero-order valence-corrected chi connectivity index (χ0v) is 20.8. The third kappa shape index (κ3) is 6.80. The number of hydrogen-bond acceptors (Lipinski definition) is 6. The maximum atomic E-state index is 4.86. The molecule has 1 saturated heterocycles. The molecule has 0 spiro atoms. The van der Waals surface area contributed by atoms with E-state index in [0.29, 0.717) is 0 Å². The Morgan fingerprint density at radius 3 is 2.62 bits per heavy atom. The van der Waals surface area contributed by atoms with Gasteiger partial charge in [-0.2, -0.15) is 4.37 Å². The predicted molar refractivity (Wildman–Crippen MR) is 131 cm³/mol. The molecule has 3 heterocycles. The average Bonchev–Trinajstić information content (AvgIpc) is 3.36. The molecule has 2 aromatic rings. The predicted octanol–water partition coefficient (Wildman–Crippen LogP) is 2.79. The monoisotopic (exact) mass is 532 g/mol. The van der Waals surface area contributed by atoms with Crippen LogP contribution in [-0.2, 0) is 13.0 Å². The van der Waals surface area contributed by atoms with Crippen LogP contribution in [0.15, 0.2) is 17.4 Å². The molecule has 29 heavy (non-hydrogen) atoms. The summed E-state index contributed by atoms with van der Waals surface area (Å²) in [5.41, 5.74) is 0. The fourth-order valence-electron chi connectivity index (χ4n) is 3.27. The van der Waals surface area contributed by atoms with Gasteiger partial charge in [0.25, 0.3) is 0 Å². The van der Waals surface area contributed by atoms with Crippen molar-refractivity contribution < 1.29 is 0 Å². The van der Waals surface area contributed by atoms with Crippen LogP contribution in [0.5, 0.6) is 0 Å². The van der Waals surface area contributed by atoms with Crippen molar-refractivity contribution in [3.8, 4) is 0 Å². The molecule has 2 aromatic heterocycles. The van der Waals surface area contributed by atoms with Crippen LogP contribution in [0.1, 0.15) is 38.3 Å². The van der Waals surface area contributed by atoms with Gasteiger partial charge < -0.3 is 19.7 Å². The number of imidazole rings is 1. The van der Waals surface area contributed by atoms with Crippen molar-refractivity contribution in [2.75, 3.05) is 44.2 Å². The number of aromatic nitrogens is 4. The number of aryl methyl sites for hydroxylation is 3. The number of halogens is 1. The lowest BCUT2D eigenvalue weighted by Crippen LogP contribution is -2.52. The second-order valence-corrected chi connectivity index (χ2v) is 7.66. The minimum Gasteiger partial charge on any atom is -0.357 e. The van der Waals surface area contributed by atoms with Gasteiger partial charge >= 0.3 is 0 Å². The van der Waals surface area contributed by atoms with Gasteiger partial charge in [0.2, 0.25) is 5.13 Å². The molecule has 0 atom stereocenters. The van der Waals surface area contributed by atoms with E-state index in [2.05, 4.69) is 47.9 Å². The van der Waals surface area contributed by atoms with Gasteiger partial charge in [0.15, 0.2) is 5.96 Å². The Kier molecular flexibility index (Phi) is 10.1. The summed E-state index contributed by atoms with van der Waals surface area (Å²) in [6, 6.07) is 0. The first-order valence-electron chi connectivity index (χ1n) is 10.3. The second kappa shape index (κ2) is 12.3. The Morgan fingerprint density at radius 1 is 1.21 bits per heavy atom. The number of nitrogens with zero attached hydrogens (tertiary/aromatic N) is 7. The van der Waals surface area contributed by atoms with Crippen LogP contribution in [0.4, 0.5) is 5.13 Å². The molecule has 1 aliphatic heterocycles. The molecule has 10 heteroatoms. The summed E-state index contributed by atoms with van der Waals surface area (Å²) in [5.74, 6) is 3.06. The van der Waals surface area contributed by atoms with Crippen LogP contribution >= 0.6 is 35.5 Å². The minimum absolute atomic E-state index is 0. The number of piperazine rings is 1. The number of anilines is 1. The van der Waals surface area contributed by atoms with E-state index in [1.807, 2.05) is 19.3 Å². The summed E-state index contributed by atoms with van der Waals surface area (Å²) >= 11 is 1.51. The van der Waals surface area contributed by atoms with Gasteiger partial charge in [-0.15, -0.1) is 24.0 Å². The fraction of sp³-hybridized carbons (Fsp3) is 0.684. The molecule has 0 aromatic carbocycles. The summed E-state index contributed by atoms with van der Waals surface area (Å²) < 4.78 is 6.61. The lowest BCUT2D eigenvalue weighted by atomic mass is 10.3. The zero-order chi connectivity index (χ0) is 19.8. The number of guanidine groups is 1. The third-order valence-corrected chi connectivity index (χ3v) is 5.77. The topological polar surface area (TPSA) is 74.5 Å². The minimum atomic E-state index is 0. The van der Waals surface area contributed by atoms with Crippen LogP contribution in [-0.4, -0.2) is 69.0 Å². The smallest absolute Gasteiger partial charge is 0.205 e. The molecule has 0 unspecified atom stereocenters. The molecular formula is C19H33IN8S. The lowest BCUT2D eigenvalue weighted by Gasteiger charge is -2.36. The summed E-state index contributed by atoms with van der Waals surface area (Å²) in [5, 5.41) is 4.50. The van der Waals surface area contributed by atoms with Crippen molar-refractivity contribution in [3.63, 3.8) is 0 Å². The van der Waals surface area contributed by atoms with E-state index in [9.17, 15) is 0 Å². The highest BCUT2D eigenvalue weighted by Gasteiger charge is 2.21. The number of hydrogen-bond donors (Lipinski definition) is 1. The highest BCUT2D eigenvalue weighted by atomic mass is 127. The Labute approximate surface area is 195 Å². The number of nitrogens with one attached hydrogen (secondary N) is 1. The normalized spacial score (nSPS) is 14.8. The fourth-order valence-corrected chi connectivity index (χ4v) is 4.07. The maximum absolute atomic E-state index is 4.86. The van der Waals surface area contributed by atoms with Crippen LogP contribution in [0, 0.1) is 6.92 Å². The molecule has 0 aliphatic carbocycles. The van der Waals surface area contributed by atoms with Crippen LogP contribution in [0.2, 0.25) is 0 Å². The first kappa shape index (κ1) is 23.8. The van der Waals surface area contributed by atoms with E-state index in [1.165, 1.54) is 11.5 Å². The molecule has 1 aliphatic rings. The van der Waals surface area contributed by atoms with Crippen molar-refractivity contribution >= 4 is 46.6 Å². The summed E-state index contributed by atoms with van der Waals surface area (Å²) in [7, 11) is 0. The SMILES string of the molecule is CCNC(=NCCCCn1ccnc1C)N1CCN(c2nc(CC)ns2)CC1.I. The van der Waals surface area contributed by atoms with Gasteiger partial charge in [-0.25, -0.2) is 9.97 Å². The van der Waals surface area contributed by atoms with Crippen molar-refractivity contribution in [3.05, 3.63) is 24.0 Å². The Morgan fingerprint density at radius 2 is 2.00 bits per heavy atom. The second-order valence-electron chi connectivity index (χ2n) is 6.93. The molecule has 1 fully saturated rings. The molecule has 162 valence electrons. The molecular weight excluding hydrogens is 499 g/mol. The summed E-state index contributed by atoms with van der Waals surface area (Å²) in [6.45, 7) is 12.9. The van der Waals surface area contributed by atoms with E-state index in [0.717, 1.165) is 87.8 Å². The molecule has 0 amide bonds. The standard InChI is InChI=1S/C19H32N8S.HI/c1-4-17-23-19(28-24-17)27-14-12-26(13-15-27)18(20-5-2)22-8-6-7-10-25-11-9-21-16(25)3;/h9,11H,4-8,10,12-15H2,1-3H3,(H,20,22);1H. The number of unbranched alkanes of at least 4 members (excludes halogenated alkanes) is 1. The highest BCUT2D eigenvalue weighted by Crippen LogP contribution is 2.19. The van der Waals surface area contributed by atoms with E-state index in [4.69, 9.17) is 4.99 Å². The van der Waals surface area contributed by atoms with Gasteiger partial charge in [0.1, 0.15) is 11.6 Å². The molecule has 8 nitrogen and oxygen atoms in total. The van der Waals surface area contributed by atoms with Crippen LogP contribution in [0.3, 0.4) is 0 Å². The van der Waals surface area contributed by atoms with Crippen LogP contribution < -0.4 is 10.2 Å². The Balaban J connectivity index is 0.00000300. The van der Waals surface area contributed by atoms with Crippen molar-refractivity contribution in [1.29, 1.82) is 0 Å². The molecule has 1 N–H and O–H groups in total. The first-order chi connectivity index (χ1) is 13.7. The highest BCUT2D eigenvalue weighted by molar-refractivity contribution is 14.0. The van der Waals surface area contributed by atoms with Gasteiger partial charge in [0, 0.05) is 76.2 Å². The lowest BCUT2D eigenvalue weighted by molar-refractivity contribution is 0.372. The van der Waals surface area contributed by atoms with Crippen molar-refractivity contribution in [2.24, 2.45) is 4.99 Å². The van der Waals surface area contributed by atoms with Crippen LogP contribution in [0.25, 0.3) is 0 Å². The van der Waals surface area contributed by atoms with E-state index >= 15 is 0 Å². The third-order valence-electron chi connectivity index (χ3n) is 4.95. The molecule has 3 rings (SSSR count). The quantitative estimate of drug-likeness (QED) is 0.244. The first-order valence-corrected chi connectivity index (χ1v) is 11.1. The van der Waals surface area contributed by atoms with Gasteiger partial charge in [-0.1, -0.05) is 6.92 Å². The molecule has 0 radical (unpaired) electrons. The molecule has 0 bridgehead atoms. The van der Waals surface area contributed by atoms with E-state index in [1.54, 1.807) is 0 Å². The van der Waals surface area contributed by atoms with Gasteiger partial charge in [-0.3, -0.25) is 4.99 Å². The van der Waals surface area contributed by atoms with Crippen molar-refractivity contribution in [2.45, 2.75) is 46.6 Å². The molecule has 0 saturated carbocycles. The maximum Gasteiger partial charge on any atom is 0.205 e. The largest absolute Gasteiger partial charge is 0.357 e. The van der Waals surface area contributed by atoms with E-state index in [-0.39, 0.29) is 24.0 Å². The Bertz CT molecular complexity index is 751. The Hall–Kier alpha value is -1.43. The number of rotatable bonds is 8. The van der Waals surface area contributed by atoms with Crippen molar-refractivity contribution in [1.82, 2.24) is 29.1 Å². The summed E-state index contributed by atoms with van der Waals surface area (Å²) in [4.78, 5) is 18.4. The van der Waals surface area contributed by atoms with Gasteiger partial charge in [-0.05, 0) is 26.7 Å². The van der Waals surface area contributed by atoms with E-state index < -0.39 is 0 Å². The van der Waals surface area contributed by atoms with Gasteiger partial charge in [0.05, 0.1) is 0 Å². The number of aliphatic imine (C=N–C) groups is 1. The average molecular weight is 533 g/mol.